The van der Waals surface area contributed by atoms with Gasteiger partial charge in [0.1, 0.15) is 11.6 Å². The van der Waals surface area contributed by atoms with Crippen LogP contribution in [0.3, 0.4) is 0 Å². The van der Waals surface area contributed by atoms with Crippen LogP contribution in [-0.4, -0.2) is 26.6 Å². The Morgan fingerprint density at radius 3 is 2.64 bits per heavy atom. The number of nitrogens with one attached hydrogen (secondary N) is 1. The molecule has 0 saturated carbocycles. The van der Waals surface area contributed by atoms with E-state index in [1.807, 2.05) is 0 Å². The lowest BCUT2D eigenvalue weighted by molar-refractivity contribution is 0.0927. The van der Waals surface area contributed by atoms with Crippen molar-refractivity contribution in [3.8, 4) is 11.3 Å². The molecule has 1 aromatic heterocycles. The molecule has 0 aliphatic rings. The van der Waals surface area contributed by atoms with Crippen molar-refractivity contribution in [2.45, 2.75) is 6.42 Å². The number of furan rings is 1. The van der Waals surface area contributed by atoms with E-state index < -0.39 is 21.7 Å². The van der Waals surface area contributed by atoms with Crippen LogP contribution in [-0.2, 0) is 10.0 Å². The molecule has 118 valence electrons. The van der Waals surface area contributed by atoms with Crippen molar-refractivity contribution in [1.29, 1.82) is 0 Å². The van der Waals surface area contributed by atoms with Gasteiger partial charge in [0.05, 0.1) is 11.3 Å². The topological polar surface area (TPSA) is 102 Å². The van der Waals surface area contributed by atoms with Crippen LogP contribution in [0.2, 0.25) is 0 Å². The number of halogens is 1. The second-order valence-corrected chi connectivity index (χ2v) is 6.35. The summed E-state index contributed by atoms with van der Waals surface area (Å²) in [4.78, 5) is 11.8. The van der Waals surface area contributed by atoms with E-state index in [9.17, 15) is 17.6 Å². The zero-order valence-electron chi connectivity index (χ0n) is 11.6. The molecule has 1 amide bonds. The number of sulfonamides is 1. The minimum Gasteiger partial charge on any atom is -0.451 e. The van der Waals surface area contributed by atoms with E-state index in [0.717, 1.165) is 0 Å². The molecule has 0 fully saturated rings. The van der Waals surface area contributed by atoms with Gasteiger partial charge in [0.15, 0.2) is 5.76 Å². The summed E-state index contributed by atoms with van der Waals surface area (Å²) in [6.07, 6.45) is 0.200. The molecule has 6 nitrogen and oxygen atoms in total. The number of benzene rings is 1. The molecule has 0 bridgehead atoms. The number of primary sulfonamides is 1. The number of hydrogen-bond donors (Lipinski definition) is 2. The fourth-order valence-corrected chi connectivity index (χ4v) is 2.37. The third-order valence-corrected chi connectivity index (χ3v) is 3.72. The first-order chi connectivity index (χ1) is 10.4. The van der Waals surface area contributed by atoms with E-state index in [1.54, 1.807) is 18.2 Å². The Bertz CT molecular complexity index is 771. The third kappa shape index (κ3) is 4.40. The maximum atomic E-state index is 13.6. The summed E-state index contributed by atoms with van der Waals surface area (Å²) >= 11 is 0. The van der Waals surface area contributed by atoms with Gasteiger partial charge in [-0.25, -0.2) is 17.9 Å². The van der Waals surface area contributed by atoms with E-state index in [0.29, 0.717) is 0 Å². The van der Waals surface area contributed by atoms with Gasteiger partial charge >= 0.3 is 0 Å². The molecule has 1 aromatic carbocycles. The van der Waals surface area contributed by atoms with Gasteiger partial charge in [0.2, 0.25) is 10.0 Å². The number of rotatable bonds is 6. The second-order valence-electron chi connectivity index (χ2n) is 4.62. The van der Waals surface area contributed by atoms with Gasteiger partial charge in [-0.3, -0.25) is 4.79 Å². The van der Waals surface area contributed by atoms with Crippen molar-refractivity contribution in [3.63, 3.8) is 0 Å². The summed E-state index contributed by atoms with van der Waals surface area (Å²) in [6, 6.07) is 8.98. The molecule has 0 aliphatic carbocycles. The van der Waals surface area contributed by atoms with Crippen LogP contribution >= 0.6 is 0 Å². The number of hydrogen-bond acceptors (Lipinski definition) is 4. The predicted molar refractivity (Wildman–Crippen MR) is 79.0 cm³/mol. The molecule has 22 heavy (non-hydrogen) atoms. The SMILES string of the molecule is NS(=O)(=O)CCCNC(=O)c1ccc(-c2ccccc2F)o1. The normalized spacial score (nSPS) is 11.4. The maximum absolute atomic E-state index is 13.6. The van der Waals surface area contributed by atoms with Crippen LogP contribution in [0.4, 0.5) is 4.39 Å². The van der Waals surface area contributed by atoms with Crippen LogP contribution in [0.1, 0.15) is 17.0 Å². The number of carbonyl (C=O) groups is 1. The second kappa shape index (κ2) is 6.71. The number of carbonyl (C=O) groups excluding carboxylic acids is 1. The average molecular weight is 326 g/mol. The molecular weight excluding hydrogens is 311 g/mol. The van der Waals surface area contributed by atoms with Crippen molar-refractivity contribution < 1.29 is 22.0 Å². The molecule has 0 spiro atoms. The third-order valence-electron chi connectivity index (χ3n) is 2.86. The maximum Gasteiger partial charge on any atom is 0.287 e. The molecule has 2 rings (SSSR count). The van der Waals surface area contributed by atoms with E-state index in [4.69, 9.17) is 9.56 Å². The van der Waals surface area contributed by atoms with Crippen LogP contribution in [0.25, 0.3) is 11.3 Å². The molecule has 0 unspecified atom stereocenters. The summed E-state index contributed by atoms with van der Waals surface area (Å²) in [5, 5.41) is 7.36. The smallest absolute Gasteiger partial charge is 0.287 e. The standard InChI is InChI=1S/C14H15FN2O4S/c15-11-5-2-1-4-10(11)12-6-7-13(21-12)14(18)17-8-3-9-22(16,19)20/h1-2,4-7H,3,8-9H2,(H,17,18)(H2,16,19,20). The Labute approximate surface area is 127 Å². The van der Waals surface area contributed by atoms with Crippen LogP contribution in [0.5, 0.6) is 0 Å². The molecule has 1 heterocycles. The summed E-state index contributed by atoms with van der Waals surface area (Å²) in [5.74, 6) is -0.901. The molecule has 0 saturated heterocycles. The van der Waals surface area contributed by atoms with E-state index in [1.165, 1.54) is 18.2 Å². The summed E-state index contributed by atoms with van der Waals surface area (Å²) < 4.78 is 40.4. The van der Waals surface area contributed by atoms with E-state index in [-0.39, 0.29) is 35.8 Å². The highest BCUT2D eigenvalue weighted by Crippen LogP contribution is 2.24. The number of amides is 1. The van der Waals surface area contributed by atoms with Gasteiger partial charge in [-0.2, -0.15) is 0 Å². The average Bonchev–Trinajstić information content (AvgIpc) is 2.92. The highest BCUT2D eigenvalue weighted by Gasteiger charge is 2.14. The molecule has 8 heteroatoms. The van der Waals surface area contributed by atoms with Gasteiger partial charge in [0.25, 0.3) is 5.91 Å². The lowest BCUT2D eigenvalue weighted by atomic mass is 10.1. The molecule has 0 radical (unpaired) electrons. The Morgan fingerprint density at radius 1 is 1.23 bits per heavy atom. The Kier molecular flexibility index (Phi) is 4.94. The zero-order valence-corrected chi connectivity index (χ0v) is 12.4. The first-order valence-electron chi connectivity index (χ1n) is 6.50. The van der Waals surface area contributed by atoms with Gasteiger partial charge in [-0.05, 0) is 30.7 Å². The van der Waals surface area contributed by atoms with Crippen LogP contribution < -0.4 is 10.5 Å². The fraction of sp³-hybridized carbons (Fsp3) is 0.214. The molecule has 0 atom stereocenters. The molecule has 0 aliphatic heterocycles. The summed E-state index contributed by atoms with van der Waals surface area (Å²) in [6.45, 7) is 0.144. The van der Waals surface area contributed by atoms with Crippen LogP contribution in [0, 0.1) is 5.82 Å². The van der Waals surface area contributed by atoms with Gasteiger partial charge in [-0.1, -0.05) is 12.1 Å². The Hall–Kier alpha value is -2.19. The summed E-state index contributed by atoms with van der Waals surface area (Å²) in [7, 11) is -3.54. The van der Waals surface area contributed by atoms with Crippen molar-refractivity contribution >= 4 is 15.9 Å². The first-order valence-corrected chi connectivity index (χ1v) is 8.22. The minimum atomic E-state index is -3.54. The predicted octanol–water partition coefficient (Wildman–Crippen LogP) is 1.49. The highest BCUT2D eigenvalue weighted by molar-refractivity contribution is 7.89. The van der Waals surface area contributed by atoms with Gasteiger partial charge < -0.3 is 9.73 Å². The molecule has 2 aromatic rings. The van der Waals surface area contributed by atoms with Crippen molar-refractivity contribution in [2.24, 2.45) is 5.14 Å². The quantitative estimate of drug-likeness (QED) is 0.785. The monoisotopic (exact) mass is 326 g/mol. The van der Waals surface area contributed by atoms with E-state index in [2.05, 4.69) is 5.32 Å². The van der Waals surface area contributed by atoms with Crippen molar-refractivity contribution in [2.75, 3.05) is 12.3 Å². The van der Waals surface area contributed by atoms with Crippen LogP contribution in [0.15, 0.2) is 40.8 Å². The molecule has 3 N–H and O–H groups in total. The minimum absolute atomic E-state index is 0.0221. The van der Waals surface area contributed by atoms with Gasteiger partial charge in [-0.15, -0.1) is 0 Å². The van der Waals surface area contributed by atoms with E-state index >= 15 is 0 Å². The van der Waals surface area contributed by atoms with Gasteiger partial charge in [0, 0.05) is 6.54 Å². The Balaban J connectivity index is 1.97. The lowest BCUT2D eigenvalue weighted by Crippen LogP contribution is -2.27. The van der Waals surface area contributed by atoms with Crippen molar-refractivity contribution in [3.05, 3.63) is 48.0 Å². The first kappa shape index (κ1) is 16.2. The largest absolute Gasteiger partial charge is 0.451 e. The number of nitrogens with two attached hydrogens (primary N) is 1. The zero-order chi connectivity index (χ0) is 16.2. The molecular formula is C14H15FN2O4S. The van der Waals surface area contributed by atoms with Crippen molar-refractivity contribution in [1.82, 2.24) is 5.32 Å². The highest BCUT2D eigenvalue weighted by atomic mass is 32.2. The summed E-state index contributed by atoms with van der Waals surface area (Å²) in [5.41, 5.74) is 0.260. The fourth-order valence-electron chi connectivity index (χ4n) is 1.83. The lowest BCUT2D eigenvalue weighted by Gasteiger charge is -2.02. The Morgan fingerprint density at radius 2 is 1.95 bits per heavy atom.